The molecule has 0 bridgehead atoms. The second-order valence-electron chi connectivity index (χ2n) is 6.73. The third-order valence-corrected chi connectivity index (χ3v) is 6.11. The van der Waals surface area contributed by atoms with E-state index in [1.54, 1.807) is 17.0 Å². The van der Waals surface area contributed by atoms with Crippen molar-refractivity contribution in [2.24, 2.45) is 5.73 Å². The summed E-state index contributed by atoms with van der Waals surface area (Å²) in [4.78, 5) is 26.7. The SMILES string of the molecule is CCCC(CCC)N1C(=O)c2cccc(C(N)=O)c2C1N(C)S(C)(=O)=O. The van der Waals surface area contributed by atoms with Crippen LogP contribution >= 0.6 is 0 Å². The highest BCUT2D eigenvalue weighted by Crippen LogP contribution is 2.41. The highest BCUT2D eigenvalue weighted by molar-refractivity contribution is 7.88. The van der Waals surface area contributed by atoms with Crippen molar-refractivity contribution in [1.82, 2.24) is 9.21 Å². The zero-order chi connectivity index (χ0) is 19.6. The summed E-state index contributed by atoms with van der Waals surface area (Å²) in [5.41, 5.74) is 6.42. The number of hydrogen-bond donors (Lipinski definition) is 1. The first-order valence-corrected chi connectivity index (χ1v) is 10.7. The van der Waals surface area contributed by atoms with Gasteiger partial charge in [-0.1, -0.05) is 32.8 Å². The van der Waals surface area contributed by atoms with Crippen molar-refractivity contribution in [2.75, 3.05) is 13.3 Å². The number of rotatable bonds is 8. The lowest BCUT2D eigenvalue weighted by Crippen LogP contribution is -2.46. The van der Waals surface area contributed by atoms with Crippen LogP contribution in [0.1, 0.15) is 72.0 Å². The van der Waals surface area contributed by atoms with E-state index in [0.29, 0.717) is 11.1 Å². The lowest BCUT2D eigenvalue weighted by atomic mass is 10.0. The van der Waals surface area contributed by atoms with Gasteiger partial charge in [0.05, 0.1) is 6.26 Å². The molecule has 0 radical (unpaired) electrons. The van der Waals surface area contributed by atoms with Crippen LogP contribution < -0.4 is 5.73 Å². The predicted molar refractivity (Wildman–Crippen MR) is 100 cm³/mol. The average molecular weight is 381 g/mol. The van der Waals surface area contributed by atoms with Crippen molar-refractivity contribution in [3.05, 3.63) is 34.9 Å². The minimum Gasteiger partial charge on any atom is -0.366 e. The monoisotopic (exact) mass is 381 g/mol. The minimum absolute atomic E-state index is 0.111. The Kier molecular flexibility index (Phi) is 6.08. The molecule has 7 nitrogen and oxygen atoms in total. The molecule has 0 aromatic heterocycles. The van der Waals surface area contributed by atoms with E-state index in [0.717, 1.165) is 36.2 Å². The number of carbonyl (C=O) groups excluding carboxylic acids is 2. The highest BCUT2D eigenvalue weighted by Gasteiger charge is 2.46. The van der Waals surface area contributed by atoms with E-state index in [2.05, 4.69) is 0 Å². The molecule has 26 heavy (non-hydrogen) atoms. The molecule has 2 amide bonds. The first-order chi connectivity index (χ1) is 12.1. The summed E-state index contributed by atoms with van der Waals surface area (Å²) >= 11 is 0. The number of carbonyl (C=O) groups is 2. The Labute approximate surface area is 155 Å². The number of amides is 2. The normalized spacial score (nSPS) is 17.2. The maximum Gasteiger partial charge on any atom is 0.256 e. The number of fused-ring (bicyclic) bond motifs is 1. The maximum absolute atomic E-state index is 13.2. The Morgan fingerprint density at radius 1 is 1.27 bits per heavy atom. The lowest BCUT2D eigenvalue weighted by molar-refractivity contribution is 0.0444. The van der Waals surface area contributed by atoms with Crippen LogP contribution in [0.15, 0.2) is 18.2 Å². The fourth-order valence-electron chi connectivity index (χ4n) is 3.63. The largest absolute Gasteiger partial charge is 0.366 e. The zero-order valence-electron chi connectivity index (χ0n) is 15.7. The molecular weight excluding hydrogens is 354 g/mol. The van der Waals surface area contributed by atoms with Gasteiger partial charge in [-0.2, -0.15) is 4.31 Å². The lowest BCUT2D eigenvalue weighted by Gasteiger charge is -2.37. The molecule has 0 saturated heterocycles. The van der Waals surface area contributed by atoms with Crippen molar-refractivity contribution in [2.45, 2.75) is 51.7 Å². The summed E-state index contributed by atoms with van der Waals surface area (Å²) in [6.07, 6.45) is 3.47. The molecule has 2 N–H and O–H groups in total. The topological polar surface area (TPSA) is 101 Å². The summed E-state index contributed by atoms with van der Waals surface area (Å²) in [6.45, 7) is 4.06. The molecule has 144 valence electrons. The third kappa shape index (κ3) is 3.61. The maximum atomic E-state index is 13.2. The van der Waals surface area contributed by atoms with Gasteiger partial charge in [0.2, 0.25) is 15.9 Å². The molecule has 1 atom stereocenters. The van der Waals surface area contributed by atoms with E-state index in [-0.39, 0.29) is 17.5 Å². The van der Waals surface area contributed by atoms with E-state index in [4.69, 9.17) is 5.73 Å². The molecule has 0 saturated carbocycles. The molecule has 0 spiro atoms. The van der Waals surface area contributed by atoms with Crippen LogP contribution in [-0.2, 0) is 10.0 Å². The van der Waals surface area contributed by atoms with Crippen LogP contribution in [0.3, 0.4) is 0 Å². The Balaban J connectivity index is 2.70. The Morgan fingerprint density at radius 2 is 1.85 bits per heavy atom. The second kappa shape index (κ2) is 7.75. The smallest absolute Gasteiger partial charge is 0.256 e. The number of primary amides is 1. The number of nitrogens with zero attached hydrogens (tertiary/aromatic N) is 2. The first kappa shape index (κ1) is 20.4. The van der Waals surface area contributed by atoms with Gasteiger partial charge in [0.15, 0.2) is 0 Å². The van der Waals surface area contributed by atoms with Crippen LogP contribution in [0.25, 0.3) is 0 Å². The van der Waals surface area contributed by atoms with Crippen molar-refractivity contribution in [3.63, 3.8) is 0 Å². The van der Waals surface area contributed by atoms with E-state index < -0.39 is 22.1 Å². The van der Waals surface area contributed by atoms with Crippen LogP contribution in [0.4, 0.5) is 0 Å². The molecule has 8 heteroatoms. The number of sulfonamides is 1. The van der Waals surface area contributed by atoms with Gasteiger partial charge in [-0.15, -0.1) is 0 Å². The predicted octanol–water partition coefficient (Wildman–Crippen LogP) is 2.10. The molecule has 1 unspecified atom stereocenters. The van der Waals surface area contributed by atoms with Gasteiger partial charge in [-0.3, -0.25) is 9.59 Å². The molecule has 1 aliphatic heterocycles. The molecule has 0 fully saturated rings. The molecule has 2 rings (SSSR count). The second-order valence-corrected chi connectivity index (χ2v) is 8.77. The summed E-state index contributed by atoms with van der Waals surface area (Å²) in [6, 6.07) is 4.66. The van der Waals surface area contributed by atoms with Crippen LogP contribution in [0.5, 0.6) is 0 Å². The summed E-state index contributed by atoms with van der Waals surface area (Å²) in [5, 5.41) is 0. The number of nitrogens with two attached hydrogens (primary N) is 1. The van der Waals surface area contributed by atoms with Crippen molar-refractivity contribution >= 4 is 21.8 Å². The van der Waals surface area contributed by atoms with E-state index in [9.17, 15) is 18.0 Å². The standard InChI is InChI=1S/C18H27N3O4S/c1-5-8-12(9-6-2)21-17(20(3)26(4,24)25)15-13(16(19)22)10-7-11-14(15)18(21)23/h7,10-12,17H,5-6,8-9H2,1-4H3,(H2,19,22). The fraction of sp³-hybridized carbons (Fsp3) is 0.556. The summed E-state index contributed by atoms with van der Waals surface area (Å²) in [5.74, 6) is -0.929. The van der Waals surface area contributed by atoms with Gasteiger partial charge in [0.25, 0.3) is 5.91 Å². The fourth-order valence-corrected chi connectivity index (χ4v) is 4.20. The molecular formula is C18H27N3O4S. The molecule has 0 aliphatic carbocycles. The summed E-state index contributed by atoms with van der Waals surface area (Å²) < 4.78 is 25.7. The number of benzene rings is 1. The molecule has 1 aromatic carbocycles. The van der Waals surface area contributed by atoms with Crippen LogP contribution in [0.2, 0.25) is 0 Å². The van der Waals surface area contributed by atoms with Gasteiger partial charge in [0.1, 0.15) is 6.17 Å². The van der Waals surface area contributed by atoms with Gasteiger partial charge >= 0.3 is 0 Å². The van der Waals surface area contributed by atoms with Gasteiger partial charge in [-0.25, -0.2) is 8.42 Å². The minimum atomic E-state index is -3.60. The molecule has 1 aliphatic rings. The van der Waals surface area contributed by atoms with Crippen molar-refractivity contribution in [1.29, 1.82) is 0 Å². The van der Waals surface area contributed by atoms with Gasteiger partial charge in [-0.05, 0) is 25.0 Å². The van der Waals surface area contributed by atoms with E-state index in [1.807, 2.05) is 13.8 Å². The first-order valence-electron chi connectivity index (χ1n) is 8.83. The summed E-state index contributed by atoms with van der Waals surface area (Å²) in [7, 11) is -2.17. The average Bonchev–Trinajstić information content (AvgIpc) is 2.85. The van der Waals surface area contributed by atoms with Crippen molar-refractivity contribution < 1.29 is 18.0 Å². The van der Waals surface area contributed by atoms with E-state index >= 15 is 0 Å². The highest BCUT2D eigenvalue weighted by atomic mass is 32.2. The molecule has 1 heterocycles. The zero-order valence-corrected chi connectivity index (χ0v) is 16.5. The Bertz CT molecular complexity index is 801. The Hall–Kier alpha value is -1.93. The van der Waals surface area contributed by atoms with Crippen LogP contribution in [0, 0.1) is 0 Å². The quantitative estimate of drug-likeness (QED) is 0.745. The van der Waals surface area contributed by atoms with Gasteiger partial charge in [0, 0.05) is 29.8 Å². The van der Waals surface area contributed by atoms with Crippen LogP contribution in [-0.4, -0.2) is 48.8 Å². The van der Waals surface area contributed by atoms with E-state index in [1.165, 1.54) is 13.1 Å². The van der Waals surface area contributed by atoms with Gasteiger partial charge < -0.3 is 10.6 Å². The van der Waals surface area contributed by atoms with Crippen molar-refractivity contribution in [3.8, 4) is 0 Å². The third-order valence-electron chi connectivity index (χ3n) is 4.86. The Morgan fingerprint density at radius 3 is 2.31 bits per heavy atom. The number of hydrogen-bond acceptors (Lipinski definition) is 4. The molecule has 1 aromatic rings.